The van der Waals surface area contributed by atoms with E-state index in [0.717, 1.165) is 0 Å². The Hall–Kier alpha value is -0.523. The van der Waals surface area contributed by atoms with Gasteiger partial charge in [-0.15, -0.1) is 12.1 Å². The molecular weight excluding hydrogens is 224 g/mol. The van der Waals surface area contributed by atoms with E-state index in [1.165, 1.54) is 0 Å². The van der Waals surface area contributed by atoms with Gasteiger partial charge >= 0.3 is 0 Å². The zero-order chi connectivity index (χ0) is 13.6. The minimum atomic E-state index is -1.67. The Morgan fingerprint density at radius 1 is 1.06 bits per heavy atom. The van der Waals surface area contributed by atoms with Gasteiger partial charge in [0.2, 0.25) is 0 Å². The molecule has 1 atom stereocenters. The summed E-state index contributed by atoms with van der Waals surface area (Å²) < 4.78 is 0. The molecule has 0 saturated heterocycles. The molecule has 0 fully saturated rings. The third-order valence-corrected chi connectivity index (χ3v) is 10.0. The van der Waals surface area contributed by atoms with Crippen LogP contribution in [0.3, 0.4) is 0 Å². The average Bonchev–Trinajstić information content (AvgIpc) is 2.17. The minimum absolute atomic E-state index is 0.546. The molecule has 0 rings (SSSR count). The van der Waals surface area contributed by atoms with Crippen LogP contribution < -0.4 is 0 Å². The Balaban J connectivity index is 5.25. The van der Waals surface area contributed by atoms with Crippen molar-refractivity contribution in [3.63, 3.8) is 0 Å². The van der Waals surface area contributed by atoms with Gasteiger partial charge in [-0.05, 0) is 16.6 Å². The van der Waals surface area contributed by atoms with Gasteiger partial charge in [0.05, 0.1) is 0 Å². The van der Waals surface area contributed by atoms with Gasteiger partial charge in [-0.25, -0.2) is 0 Å². The molecule has 2 heteroatoms. The van der Waals surface area contributed by atoms with E-state index in [-0.39, 0.29) is 0 Å². The maximum atomic E-state index is 9.74. The summed E-state index contributed by atoms with van der Waals surface area (Å²) in [6.07, 6.45) is 1.74. The van der Waals surface area contributed by atoms with E-state index in [0.29, 0.717) is 23.0 Å². The number of hydrogen-bond donors (Lipinski definition) is 1. The molecule has 0 aromatic carbocycles. The largest absolute Gasteiger partial charge is 0.380 e. The first kappa shape index (κ1) is 16.5. The van der Waals surface area contributed by atoms with E-state index in [1.807, 2.05) is 0 Å². The summed E-state index contributed by atoms with van der Waals surface area (Å²) in [5.41, 5.74) is 5.36. The molecule has 0 aromatic rings. The summed E-state index contributed by atoms with van der Waals surface area (Å²) in [6, 6.07) is 0. The summed E-state index contributed by atoms with van der Waals surface area (Å²) in [5, 5.41) is 9.74. The van der Waals surface area contributed by atoms with Crippen LogP contribution in [0.25, 0.3) is 0 Å². The second kappa shape index (κ2) is 7.03. The second-order valence-electron chi connectivity index (χ2n) is 5.71. The van der Waals surface area contributed by atoms with Crippen molar-refractivity contribution in [2.45, 2.75) is 70.7 Å². The molecule has 0 spiro atoms. The number of hydrogen-bond acceptors (Lipinski definition) is 1. The maximum Gasteiger partial charge on any atom is 0.146 e. The fraction of sp³-hybridized carbons (Fsp3) is 0.733. The van der Waals surface area contributed by atoms with Crippen molar-refractivity contribution in [3.8, 4) is 11.5 Å². The molecular formula is C15H28OSi. The predicted octanol–water partition coefficient (Wildman–Crippen LogP) is 4.14. The maximum absolute atomic E-state index is 9.74. The van der Waals surface area contributed by atoms with Gasteiger partial charge in [-0.1, -0.05) is 53.5 Å². The number of rotatable bonds is 5. The van der Waals surface area contributed by atoms with Gasteiger partial charge in [0, 0.05) is 6.42 Å². The van der Waals surface area contributed by atoms with E-state index in [4.69, 9.17) is 0 Å². The molecule has 0 unspecified atom stereocenters. The smallest absolute Gasteiger partial charge is 0.146 e. The van der Waals surface area contributed by atoms with Crippen molar-refractivity contribution in [1.82, 2.24) is 0 Å². The third-order valence-electron chi connectivity index (χ3n) is 3.71. The lowest BCUT2D eigenvalue weighted by atomic mass is 10.3. The normalized spacial score (nSPS) is 13.8. The van der Waals surface area contributed by atoms with Gasteiger partial charge < -0.3 is 5.11 Å². The molecule has 0 heterocycles. The monoisotopic (exact) mass is 252 g/mol. The highest BCUT2D eigenvalue weighted by Gasteiger charge is 2.41. The van der Waals surface area contributed by atoms with Crippen LogP contribution in [0.4, 0.5) is 0 Å². The van der Waals surface area contributed by atoms with Crippen LogP contribution in [0.1, 0.15) is 48.0 Å². The average molecular weight is 252 g/mol. The van der Waals surface area contributed by atoms with Gasteiger partial charge in [-0.3, -0.25) is 0 Å². The van der Waals surface area contributed by atoms with Crippen LogP contribution in [0.5, 0.6) is 0 Å². The van der Waals surface area contributed by atoms with E-state index < -0.39 is 14.2 Å². The highest BCUT2D eigenvalue weighted by Crippen LogP contribution is 2.40. The third kappa shape index (κ3) is 4.01. The molecule has 17 heavy (non-hydrogen) atoms. The first-order valence-electron chi connectivity index (χ1n) is 6.60. The molecule has 0 saturated carbocycles. The summed E-state index contributed by atoms with van der Waals surface area (Å²) in [7, 11) is -1.67. The lowest BCUT2D eigenvalue weighted by Crippen LogP contribution is -2.43. The zero-order valence-electron chi connectivity index (χ0n) is 12.2. The first-order valence-corrected chi connectivity index (χ1v) is 8.83. The van der Waals surface area contributed by atoms with Crippen molar-refractivity contribution in [1.29, 1.82) is 0 Å². The summed E-state index contributed by atoms with van der Waals surface area (Å²) in [5.74, 6) is 3.06. The Labute approximate surface area is 108 Å². The van der Waals surface area contributed by atoms with E-state index in [9.17, 15) is 5.11 Å². The quantitative estimate of drug-likeness (QED) is 0.443. The van der Waals surface area contributed by atoms with Crippen LogP contribution in [0.15, 0.2) is 12.7 Å². The summed E-state index contributed by atoms with van der Waals surface area (Å²) >= 11 is 0. The summed E-state index contributed by atoms with van der Waals surface area (Å²) in [4.78, 5) is 0. The second-order valence-corrected chi connectivity index (χ2v) is 11.3. The fourth-order valence-corrected chi connectivity index (χ4v) is 8.14. The van der Waals surface area contributed by atoms with Gasteiger partial charge in [-0.2, -0.15) is 0 Å². The van der Waals surface area contributed by atoms with Gasteiger partial charge in [0.25, 0.3) is 0 Å². The van der Waals surface area contributed by atoms with Gasteiger partial charge in [0.1, 0.15) is 14.2 Å². The van der Waals surface area contributed by atoms with Crippen molar-refractivity contribution in [2.75, 3.05) is 0 Å². The molecule has 0 aliphatic rings. The van der Waals surface area contributed by atoms with E-state index >= 15 is 0 Å². The van der Waals surface area contributed by atoms with Crippen molar-refractivity contribution >= 4 is 8.07 Å². The zero-order valence-corrected chi connectivity index (χ0v) is 13.2. The van der Waals surface area contributed by atoms with Crippen molar-refractivity contribution in [2.24, 2.45) is 0 Å². The van der Waals surface area contributed by atoms with E-state index in [2.05, 4.69) is 59.6 Å². The number of aliphatic hydroxyl groups excluding tert-OH is 1. The molecule has 98 valence electrons. The SMILES string of the molecule is C=CC[C@H](O)C#C[Si](C(C)C)(C(C)C)C(C)C. The molecule has 1 nitrogen and oxygen atoms in total. The highest BCUT2D eigenvalue weighted by molar-refractivity contribution is 6.90. The molecule has 1 N–H and O–H groups in total. The first-order chi connectivity index (χ1) is 7.78. The molecule has 0 bridgehead atoms. The lowest BCUT2D eigenvalue weighted by molar-refractivity contribution is 0.236. The molecule has 0 aromatic heterocycles. The topological polar surface area (TPSA) is 20.2 Å². The van der Waals surface area contributed by atoms with Crippen LogP contribution in [0.2, 0.25) is 16.6 Å². The standard InChI is InChI=1S/C15H28OSi/c1-8-9-15(16)10-11-17(12(2)3,13(4)5)14(6)7/h8,12-16H,1,9H2,2-7H3/t15-/m0/s1. The Bertz CT molecular complexity index is 272. The van der Waals surface area contributed by atoms with Crippen LogP contribution >= 0.6 is 0 Å². The van der Waals surface area contributed by atoms with Crippen molar-refractivity contribution in [3.05, 3.63) is 12.7 Å². The predicted molar refractivity (Wildman–Crippen MR) is 79.6 cm³/mol. The molecule has 0 amide bonds. The lowest BCUT2D eigenvalue weighted by Gasteiger charge is -2.38. The fourth-order valence-electron chi connectivity index (χ4n) is 2.86. The van der Waals surface area contributed by atoms with Crippen LogP contribution in [-0.4, -0.2) is 19.3 Å². The molecule has 0 radical (unpaired) electrons. The Kier molecular flexibility index (Phi) is 6.82. The molecule has 0 aliphatic heterocycles. The van der Waals surface area contributed by atoms with Crippen LogP contribution in [-0.2, 0) is 0 Å². The molecule has 0 aliphatic carbocycles. The van der Waals surface area contributed by atoms with E-state index in [1.54, 1.807) is 6.08 Å². The van der Waals surface area contributed by atoms with Gasteiger partial charge in [0.15, 0.2) is 0 Å². The summed E-state index contributed by atoms with van der Waals surface area (Å²) in [6.45, 7) is 17.3. The van der Waals surface area contributed by atoms with Crippen LogP contribution in [0, 0.1) is 11.5 Å². The Morgan fingerprint density at radius 2 is 1.47 bits per heavy atom. The minimum Gasteiger partial charge on any atom is -0.380 e. The Morgan fingerprint density at radius 3 is 1.76 bits per heavy atom. The highest BCUT2D eigenvalue weighted by atomic mass is 28.3. The number of aliphatic hydroxyl groups is 1. The van der Waals surface area contributed by atoms with Crippen molar-refractivity contribution < 1.29 is 5.11 Å².